The number of nitrogens with zero attached hydrogens (tertiary/aromatic N) is 1. The first kappa shape index (κ1) is 12.7. The first-order valence-corrected chi connectivity index (χ1v) is 4.99. The van der Waals surface area contributed by atoms with Gasteiger partial charge in [0.25, 0.3) is 0 Å². The van der Waals surface area contributed by atoms with E-state index in [2.05, 4.69) is 5.32 Å². The molecule has 0 radical (unpaired) electrons. The van der Waals surface area contributed by atoms with Crippen LogP contribution in [-0.2, 0) is 4.74 Å². The van der Waals surface area contributed by atoms with Crippen LogP contribution >= 0.6 is 0 Å². The van der Waals surface area contributed by atoms with Crippen molar-refractivity contribution in [3.8, 4) is 0 Å². The molecule has 2 atom stereocenters. The lowest BCUT2D eigenvalue weighted by Gasteiger charge is -2.34. The van der Waals surface area contributed by atoms with E-state index in [9.17, 15) is 13.2 Å². The van der Waals surface area contributed by atoms with Gasteiger partial charge in [0.1, 0.15) is 0 Å². The standard InChI is InChI=1S/C9H17F3N2O/c1-7(8-5-13-3-4-15-8)14(2)6-9(10,11)12/h7-8,13H,3-6H2,1-2H3. The third-order valence-corrected chi connectivity index (χ3v) is 2.62. The Morgan fingerprint density at radius 2 is 2.20 bits per heavy atom. The van der Waals surface area contributed by atoms with Gasteiger partial charge in [-0.1, -0.05) is 0 Å². The van der Waals surface area contributed by atoms with Crippen LogP contribution in [0.2, 0.25) is 0 Å². The molecular formula is C9H17F3N2O. The summed E-state index contributed by atoms with van der Waals surface area (Å²) < 4.78 is 41.8. The maximum absolute atomic E-state index is 12.1. The number of hydrogen-bond acceptors (Lipinski definition) is 3. The molecule has 0 aromatic carbocycles. The fraction of sp³-hybridized carbons (Fsp3) is 1.00. The minimum Gasteiger partial charge on any atom is -0.374 e. The summed E-state index contributed by atoms with van der Waals surface area (Å²) in [7, 11) is 1.47. The first-order chi connectivity index (χ1) is 6.90. The fourth-order valence-corrected chi connectivity index (χ4v) is 1.61. The number of nitrogens with one attached hydrogen (secondary N) is 1. The van der Waals surface area contributed by atoms with E-state index in [4.69, 9.17) is 4.74 Å². The van der Waals surface area contributed by atoms with E-state index in [0.717, 1.165) is 6.54 Å². The number of morpholine rings is 1. The normalized spacial score (nSPS) is 25.6. The molecule has 0 spiro atoms. The Bertz CT molecular complexity index is 192. The molecule has 0 aromatic rings. The summed E-state index contributed by atoms with van der Waals surface area (Å²) in [5, 5.41) is 3.10. The van der Waals surface area contributed by atoms with E-state index in [0.29, 0.717) is 13.2 Å². The molecular weight excluding hydrogens is 209 g/mol. The molecule has 0 aliphatic carbocycles. The SMILES string of the molecule is CC(C1CNCCO1)N(C)CC(F)(F)F. The first-order valence-electron chi connectivity index (χ1n) is 4.99. The Morgan fingerprint density at radius 3 is 2.67 bits per heavy atom. The topological polar surface area (TPSA) is 24.5 Å². The van der Waals surface area contributed by atoms with E-state index >= 15 is 0 Å². The minimum atomic E-state index is -4.15. The molecule has 1 aliphatic rings. The Labute approximate surface area is 87.6 Å². The zero-order valence-corrected chi connectivity index (χ0v) is 8.97. The summed E-state index contributed by atoms with van der Waals surface area (Å²) in [6.07, 6.45) is -4.31. The highest BCUT2D eigenvalue weighted by molar-refractivity contribution is 4.80. The Kier molecular flexibility index (Phi) is 4.36. The van der Waals surface area contributed by atoms with E-state index in [1.165, 1.54) is 11.9 Å². The summed E-state index contributed by atoms with van der Waals surface area (Å²) >= 11 is 0. The van der Waals surface area contributed by atoms with Gasteiger partial charge in [0.15, 0.2) is 0 Å². The van der Waals surface area contributed by atoms with Gasteiger partial charge in [-0.25, -0.2) is 0 Å². The molecule has 3 nitrogen and oxygen atoms in total. The number of likely N-dealkylation sites (N-methyl/N-ethyl adjacent to an activating group) is 1. The summed E-state index contributed by atoms with van der Waals surface area (Å²) in [5.74, 6) is 0. The predicted octanol–water partition coefficient (Wildman–Crippen LogP) is 0.857. The quantitative estimate of drug-likeness (QED) is 0.772. The van der Waals surface area contributed by atoms with Crippen molar-refractivity contribution in [1.29, 1.82) is 0 Å². The van der Waals surface area contributed by atoms with Crippen LogP contribution in [0.1, 0.15) is 6.92 Å². The maximum Gasteiger partial charge on any atom is 0.401 e. The molecule has 0 bridgehead atoms. The lowest BCUT2D eigenvalue weighted by atomic mass is 10.1. The number of rotatable bonds is 3. The smallest absolute Gasteiger partial charge is 0.374 e. The molecule has 1 fully saturated rings. The van der Waals surface area contributed by atoms with Gasteiger partial charge < -0.3 is 10.1 Å². The molecule has 2 unspecified atom stereocenters. The molecule has 1 aliphatic heterocycles. The van der Waals surface area contributed by atoms with Crippen LogP contribution in [-0.4, -0.2) is 56.5 Å². The van der Waals surface area contributed by atoms with Crippen molar-refractivity contribution in [3.63, 3.8) is 0 Å². The van der Waals surface area contributed by atoms with Gasteiger partial charge >= 0.3 is 6.18 Å². The summed E-state index contributed by atoms with van der Waals surface area (Å²) in [6.45, 7) is 2.81. The third kappa shape index (κ3) is 4.36. The molecule has 15 heavy (non-hydrogen) atoms. The third-order valence-electron chi connectivity index (χ3n) is 2.62. The van der Waals surface area contributed by atoms with Crippen LogP contribution in [0.15, 0.2) is 0 Å². The van der Waals surface area contributed by atoms with Crippen LogP contribution in [0.25, 0.3) is 0 Å². The number of hydrogen-bond donors (Lipinski definition) is 1. The molecule has 6 heteroatoms. The van der Waals surface area contributed by atoms with Crippen LogP contribution in [0, 0.1) is 0 Å². The average Bonchev–Trinajstić information content (AvgIpc) is 2.15. The van der Waals surface area contributed by atoms with E-state index in [1.54, 1.807) is 6.92 Å². The van der Waals surface area contributed by atoms with Crippen molar-refractivity contribution in [1.82, 2.24) is 10.2 Å². The molecule has 0 saturated carbocycles. The fourth-order valence-electron chi connectivity index (χ4n) is 1.61. The zero-order chi connectivity index (χ0) is 11.5. The highest BCUT2D eigenvalue weighted by Gasteiger charge is 2.33. The van der Waals surface area contributed by atoms with Gasteiger partial charge in [-0.3, -0.25) is 4.90 Å². The highest BCUT2D eigenvalue weighted by atomic mass is 19.4. The van der Waals surface area contributed by atoms with Crippen LogP contribution in [0.4, 0.5) is 13.2 Å². The predicted molar refractivity (Wildman–Crippen MR) is 50.8 cm³/mol. The van der Waals surface area contributed by atoms with Crippen molar-refractivity contribution in [2.24, 2.45) is 0 Å². The number of halogens is 3. The van der Waals surface area contributed by atoms with Crippen molar-refractivity contribution >= 4 is 0 Å². The number of alkyl halides is 3. The molecule has 0 aromatic heterocycles. The Hall–Kier alpha value is -0.330. The summed E-state index contributed by atoms with van der Waals surface area (Å²) in [4.78, 5) is 1.28. The van der Waals surface area contributed by atoms with Crippen molar-refractivity contribution in [2.75, 3.05) is 33.3 Å². The van der Waals surface area contributed by atoms with Crippen molar-refractivity contribution < 1.29 is 17.9 Å². The minimum absolute atomic E-state index is 0.161. The molecule has 1 saturated heterocycles. The van der Waals surface area contributed by atoms with Crippen LogP contribution in [0.3, 0.4) is 0 Å². The largest absolute Gasteiger partial charge is 0.401 e. The van der Waals surface area contributed by atoms with Gasteiger partial charge in [0, 0.05) is 19.1 Å². The van der Waals surface area contributed by atoms with E-state index in [-0.39, 0.29) is 12.1 Å². The van der Waals surface area contributed by atoms with Gasteiger partial charge in [-0.15, -0.1) is 0 Å². The second-order valence-electron chi connectivity index (χ2n) is 3.88. The second-order valence-corrected chi connectivity index (χ2v) is 3.88. The average molecular weight is 226 g/mol. The maximum atomic E-state index is 12.1. The molecule has 90 valence electrons. The van der Waals surface area contributed by atoms with Crippen molar-refractivity contribution in [3.05, 3.63) is 0 Å². The number of ether oxygens (including phenoxy) is 1. The van der Waals surface area contributed by atoms with E-state index < -0.39 is 12.7 Å². The van der Waals surface area contributed by atoms with Gasteiger partial charge in [-0.2, -0.15) is 13.2 Å². The summed E-state index contributed by atoms with van der Waals surface area (Å²) in [5.41, 5.74) is 0. The van der Waals surface area contributed by atoms with Crippen LogP contribution < -0.4 is 5.32 Å². The zero-order valence-electron chi connectivity index (χ0n) is 8.97. The lowest BCUT2D eigenvalue weighted by molar-refractivity contribution is -0.153. The highest BCUT2D eigenvalue weighted by Crippen LogP contribution is 2.18. The molecule has 1 rings (SSSR count). The van der Waals surface area contributed by atoms with E-state index in [1.807, 2.05) is 0 Å². The van der Waals surface area contributed by atoms with Gasteiger partial charge in [0.05, 0.1) is 19.3 Å². The lowest BCUT2D eigenvalue weighted by Crippen LogP contribution is -2.51. The second kappa shape index (κ2) is 5.14. The van der Waals surface area contributed by atoms with Crippen molar-refractivity contribution in [2.45, 2.75) is 25.2 Å². The molecule has 1 heterocycles. The summed E-state index contributed by atoms with van der Waals surface area (Å²) in [6, 6.07) is -0.237. The Morgan fingerprint density at radius 1 is 1.53 bits per heavy atom. The Balaban J connectivity index is 2.40. The van der Waals surface area contributed by atoms with Crippen LogP contribution in [0.5, 0.6) is 0 Å². The van der Waals surface area contributed by atoms with Gasteiger partial charge in [-0.05, 0) is 14.0 Å². The molecule has 1 N–H and O–H groups in total. The monoisotopic (exact) mass is 226 g/mol. The molecule has 0 amide bonds. The van der Waals surface area contributed by atoms with Gasteiger partial charge in [0.2, 0.25) is 0 Å².